The monoisotopic (exact) mass is 282 g/mol. The Morgan fingerprint density at radius 1 is 1.38 bits per heavy atom. The molecular weight excluding hydrogens is 264 g/mol. The van der Waals surface area contributed by atoms with Crippen molar-refractivity contribution in [1.82, 2.24) is 4.98 Å². The number of aromatic nitrogens is 1. The van der Waals surface area contributed by atoms with Crippen LogP contribution >= 0.6 is 0 Å². The van der Waals surface area contributed by atoms with Gasteiger partial charge in [-0.15, -0.1) is 0 Å². The van der Waals surface area contributed by atoms with Gasteiger partial charge in [0.2, 0.25) is 0 Å². The molecule has 1 aromatic heterocycles. The number of hydrogen-bond acceptors (Lipinski definition) is 4. The number of nitrogen functional groups attached to an aromatic ring is 1. The van der Waals surface area contributed by atoms with E-state index in [0.29, 0.717) is 23.8 Å². The summed E-state index contributed by atoms with van der Waals surface area (Å²) in [6, 6.07) is 11.4. The van der Waals surface area contributed by atoms with Gasteiger partial charge in [-0.2, -0.15) is 0 Å². The molecule has 1 atom stereocenters. The van der Waals surface area contributed by atoms with Crippen molar-refractivity contribution in [3.63, 3.8) is 0 Å². The van der Waals surface area contributed by atoms with Crippen LogP contribution in [-0.4, -0.2) is 17.4 Å². The number of hydrogen-bond donors (Lipinski definition) is 2. The summed E-state index contributed by atoms with van der Waals surface area (Å²) in [5.74, 6) is 5.73. The van der Waals surface area contributed by atoms with Crippen LogP contribution in [-0.2, 0) is 6.42 Å². The van der Waals surface area contributed by atoms with Gasteiger partial charge in [0.1, 0.15) is 5.69 Å². The molecule has 2 heterocycles. The molecule has 1 amide bonds. The van der Waals surface area contributed by atoms with Crippen LogP contribution in [0.2, 0.25) is 0 Å². The molecule has 0 spiro atoms. The minimum absolute atomic E-state index is 0.0916. The van der Waals surface area contributed by atoms with Crippen LogP contribution in [0.5, 0.6) is 0 Å². The molecule has 1 unspecified atom stereocenters. The first-order chi connectivity index (χ1) is 10.2. The number of amides is 1. The van der Waals surface area contributed by atoms with Gasteiger partial charge in [0, 0.05) is 18.4 Å². The maximum absolute atomic E-state index is 12.8. The number of pyridine rings is 1. The van der Waals surface area contributed by atoms with E-state index in [-0.39, 0.29) is 5.91 Å². The van der Waals surface area contributed by atoms with Crippen molar-refractivity contribution in [3.05, 3.63) is 53.9 Å². The lowest BCUT2D eigenvalue weighted by Crippen LogP contribution is -2.39. The Balaban J connectivity index is 1.97. The Labute approximate surface area is 123 Å². The van der Waals surface area contributed by atoms with E-state index in [0.717, 1.165) is 12.1 Å². The molecule has 1 aromatic carbocycles. The number of carbonyl (C=O) groups excluding carboxylic acids is 1. The van der Waals surface area contributed by atoms with E-state index >= 15 is 0 Å². The molecule has 21 heavy (non-hydrogen) atoms. The van der Waals surface area contributed by atoms with Gasteiger partial charge in [0.05, 0.1) is 5.69 Å². The fourth-order valence-electron chi connectivity index (χ4n) is 2.76. The van der Waals surface area contributed by atoms with E-state index < -0.39 is 0 Å². The Kier molecular flexibility index (Phi) is 3.58. The van der Waals surface area contributed by atoms with E-state index in [1.165, 1.54) is 5.56 Å². The molecule has 1 aliphatic heterocycles. The summed E-state index contributed by atoms with van der Waals surface area (Å²) in [5.41, 5.74) is 5.80. The number of fused-ring (bicyclic) bond motifs is 1. The summed E-state index contributed by atoms with van der Waals surface area (Å²) in [4.78, 5) is 18.8. The molecule has 5 heteroatoms. The number of anilines is 2. The molecule has 0 saturated carbocycles. The van der Waals surface area contributed by atoms with Crippen molar-refractivity contribution in [3.8, 4) is 0 Å². The molecule has 3 rings (SSSR count). The van der Waals surface area contributed by atoms with E-state index in [9.17, 15) is 4.79 Å². The van der Waals surface area contributed by atoms with Crippen molar-refractivity contribution in [1.29, 1.82) is 0 Å². The molecule has 5 nitrogen and oxygen atoms in total. The molecular formula is C16H18N4O. The summed E-state index contributed by atoms with van der Waals surface area (Å²) in [7, 11) is 0. The van der Waals surface area contributed by atoms with E-state index in [4.69, 9.17) is 5.84 Å². The zero-order valence-electron chi connectivity index (χ0n) is 11.9. The summed E-state index contributed by atoms with van der Waals surface area (Å²) in [5, 5.41) is 0. The predicted molar refractivity (Wildman–Crippen MR) is 83.0 cm³/mol. The van der Waals surface area contributed by atoms with E-state index in [2.05, 4.69) is 23.4 Å². The molecule has 1 aliphatic rings. The third-order valence-corrected chi connectivity index (χ3v) is 3.74. The minimum atomic E-state index is -0.0916. The summed E-state index contributed by atoms with van der Waals surface area (Å²) in [6.07, 6.45) is 2.58. The second-order valence-electron chi connectivity index (χ2n) is 5.43. The van der Waals surface area contributed by atoms with Gasteiger partial charge in [-0.3, -0.25) is 15.6 Å². The zero-order valence-corrected chi connectivity index (χ0v) is 11.9. The van der Waals surface area contributed by atoms with Gasteiger partial charge in [-0.1, -0.05) is 25.1 Å². The lowest BCUT2D eigenvalue weighted by molar-refractivity contribution is 0.0976. The summed E-state index contributed by atoms with van der Waals surface area (Å²) >= 11 is 0. The first-order valence-electron chi connectivity index (χ1n) is 7.01. The topological polar surface area (TPSA) is 71.2 Å². The Morgan fingerprint density at radius 3 is 3.00 bits per heavy atom. The maximum Gasteiger partial charge on any atom is 0.276 e. The average molecular weight is 282 g/mol. The number of para-hydroxylation sites is 1. The largest absolute Gasteiger partial charge is 0.324 e. The van der Waals surface area contributed by atoms with E-state index in [1.807, 2.05) is 23.1 Å². The highest BCUT2D eigenvalue weighted by Gasteiger charge is 2.27. The zero-order chi connectivity index (χ0) is 14.8. The predicted octanol–water partition coefficient (Wildman–Crippen LogP) is 2.21. The number of hydrazine groups is 1. The standard InChI is InChI=1S/C16H18N4O/c1-11-8-12-4-2-3-5-15(12)20(10-11)16(21)14-9-13(19-17)6-7-18-14/h2-7,9,11H,8,10,17H2,1H3,(H,18,19). The SMILES string of the molecule is CC1Cc2ccccc2N(C(=O)c2cc(NN)ccn2)C1. The average Bonchev–Trinajstić information content (AvgIpc) is 2.53. The Hall–Kier alpha value is -2.40. The van der Waals surface area contributed by atoms with Gasteiger partial charge < -0.3 is 10.3 Å². The first-order valence-corrected chi connectivity index (χ1v) is 7.01. The van der Waals surface area contributed by atoms with Crippen molar-refractivity contribution in [2.24, 2.45) is 11.8 Å². The van der Waals surface area contributed by atoms with Gasteiger partial charge in [-0.05, 0) is 36.1 Å². The van der Waals surface area contributed by atoms with Crippen molar-refractivity contribution < 1.29 is 4.79 Å². The first kappa shape index (κ1) is 13.6. The van der Waals surface area contributed by atoms with Crippen LogP contribution < -0.4 is 16.2 Å². The van der Waals surface area contributed by atoms with Crippen LogP contribution in [0.15, 0.2) is 42.6 Å². The van der Waals surface area contributed by atoms with Crippen molar-refractivity contribution in [2.75, 3.05) is 16.9 Å². The number of carbonyl (C=O) groups is 1. The molecule has 0 bridgehead atoms. The highest BCUT2D eigenvalue weighted by atomic mass is 16.2. The van der Waals surface area contributed by atoms with Crippen molar-refractivity contribution >= 4 is 17.3 Å². The van der Waals surface area contributed by atoms with Crippen LogP contribution in [0, 0.1) is 5.92 Å². The van der Waals surface area contributed by atoms with Gasteiger partial charge in [0.25, 0.3) is 5.91 Å². The molecule has 2 aromatic rings. The fraction of sp³-hybridized carbons (Fsp3) is 0.250. The number of nitrogens with zero attached hydrogens (tertiary/aromatic N) is 2. The molecule has 0 saturated heterocycles. The fourth-order valence-corrected chi connectivity index (χ4v) is 2.76. The number of rotatable bonds is 2. The molecule has 3 N–H and O–H groups in total. The van der Waals surface area contributed by atoms with Gasteiger partial charge in [0.15, 0.2) is 0 Å². The maximum atomic E-state index is 12.8. The van der Waals surface area contributed by atoms with Crippen molar-refractivity contribution in [2.45, 2.75) is 13.3 Å². The second kappa shape index (κ2) is 5.54. The number of nitrogens with one attached hydrogen (secondary N) is 1. The van der Waals surface area contributed by atoms with Crippen LogP contribution in [0.4, 0.5) is 11.4 Å². The summed E-state index contributed by atoms with van der Waals surface area (Å²) < 4.78 is 0. The lowest BCUT2D eigenvalue weighted by atomic mass is 9.93. The Bertz CT molecular complexity index is 671. The molecule has 0 radical (unpaired) electrons. The van der Waals surface area contributed by atoms with Gasteiger partial charge >= 0.3 is 0 Å². The third-order valence-electron chi connectivity index (χ3n) is 3.74. The molecule has 0 aliphatic carbocycles. The summed E-state index contributed by atoms with van der Waals surface area (Å²) in [6.45, 7) is 2.86. The molecule has 0 fully saturated rings. The number of nitrogens with two attached hydrogens (primary N) is 1. The third kappa shape index (κ3) is 2.60. The highest BCUT2D eigenvalue weighted by molar-refractivity contribution is 6.05. The van der Waals surface area contributed by atoms with E-state index in [1.54, 1.807) is 18.3 Å². The van der Waals surface area contributed by atoms with Crippen LogP contribution in [0.1, 0.15) is 23.0 Å². The smallest absolute Gasteiger partial charge is 0.276 e. The molecule has 108 valence electrons. The highest BCUT2D eigenvalue weighted by Crippen LogP contribution is 2.30. The minimum Gasteiger partial charge on any atom is -0.324 e. The Morgan fingerprint density at radius 2 is 2.19 bits per heavy atom. The normalized spacial score (nSPS) is 17.2. The van der Waals surface area contributed by atoms with Crippen LogP contribution in [0.25, 0.3) is 0 Å². The second-order valence-corrected chi connectivity index (χ2v) is 5.43. The quantitative estimate of drug-likeness (QED) is 0.654. The van der Waals surface area contributed by atoms with Gasteiger partial charge in [-0.25, -0.2) is 0 Å². The number of benzene rings is 1. The lowest BCUT2D eigenvalue weighted by Gasteiger charge is -2.33. The van der Waals surface area contributed by atoms with Crippen LogP contribution in [0.3, 0.4) is 0 Å².